The molecule has 3 rings (SSSR count). The summed E-state index contributed by atoms with van der Waals surface area (Å²) in [6.45, 7) is 2.97. The van der Waals surface area contributed by atoms with Crippen LogP contribution in [0.15, 0.2) is 54.6 Å². The van der Waals surface area contributed by atoms with Crippen LogP contribution in [0.25, 0.3) is 0 Å². The third-order valence-electron chi connectivity index (χ3n) is 5.37. The lowest BCUT2D eigenvalue weighted by molar-refractivity contribution is -0.139. The van der Waals surface area contributed by atoms with Crippen LogP contribution in [0.4, 0.5) is 5.69 Å². The van der Waals surface area contributed by atoms with E-state index < -0.39 is 12.1 Å². The van der Waals surface area contributed by atoms with Gasteiger partial charge in [-0.05, 0) is 44.0 Å². The van der Waals surface area contributed by atoms with Crippen molar-refractivity contribution >= 4 is 23.5 Å². The molecule has 0 N–H and O–H groups in total. The molecular weight excluding hydrogens is 380 g/mol. The van der Waals surface area contributed by atoms with Crippen LogP contribution in [0.2, 0.25) is 0 Å². The van der Waals surface area contributed by atoms with Crippen molar-refractivity contribution in [1.82, 2.24) is 4.90 Å². The van der Waals surface area contributed by atoms with Gasteiger partial charge in [0.1, 0.15) is 0 Å². The zero-order valence-electron chi connectivity index (χ0n) is 17.5. The minimum Gasteiger partial charge on any atom is -0.449 e. The van der Waals surface area contributed by atoms with Gasteiger partial charge in [-0.2, -0.15) is 0 Å². The summed E-state index contributed by atoms with van der Waals surface area (Å²) in [6.07, 6.45) is 3.26. The number of likely N-dealkylation sites (tertiary alicyclic amines) is 1. The van der Waals surface area contributed by atoms with Crippen LogP contribution in [-0.2, 0) is 9.53 Å². The van der Waals surface area contributed by atoms with Crippen molar-refractivity contribution in [3.63, 3.8) is 0 Å². The first kappa shape index (κ1) is 21.6. The molecule has 0 saturated carbocycles. The van der Waals surface area contributed by atoms with E-state index in [9.17, 15) is 14.4 Å². The van der Waals surface area contributed by atoms with Crippen molar-refractivity contribution in [2.24, 2.45) is 0 Å². The topological polar surface area (TPSA) is 66.9 Å². The number of carbonyl (C=O) groups is 3. The second kappa shape index (κ2) is 10.1. The highest BCUT2D eigenvalue weighted by Gasteiger charge is 2.27. The first-order chi connectivity index (χ1) is 14.5. The van der Waals surface area contributed by atoms with E-state index in [0.717, 1.165) is 31.4 Å². The van der Waals surface area contributed by atoms with E-state index >= 15 is 0 Å². The van der Waals surface area contributed by atoms with Crippen LogP contribution in [0.3, 0.4) is 0 Å². The molecule has 1 aliphatic rings. The van der Waals surface area contributed by atoms with Crippen molar-refractivity contribution in [3.05, 3.63) is 65.7 Å². The summed E-state index contributed by atoms with van der Waals surface area (Å²) in [4.78, 5) is 41.8. The Balaban J connectivity index is 1.73. The SMILES string of the molecule is CC(OC(=O)c1ccccc1C(=O)N(C)c1ccccc1)C(=O)N1CCCCCC1. The van der Waals surface area contributed by atoms with E-state index in [0.29, 0.717) is 13.1 Å². The van der Waals surface area contributed by atoms with E-state index in [1.807, 2.05) is 30.3 Å². The van der Waals surface area contributed by atoms with Crippen LogP contribution < -0.4 is 4.90 Å². The summed E-state index contributed by atoms with van der Waals surface area (Å²) in [7, 11) is 1.66. The Bertz CT molecular complexity index is 889. The zero-order valence-corrected chi connectivity index (χ0v) is 17.5. The van der Waals surface area contributed by atoms with Gasteiger partial charge < -0.3 is 14.5 Å². The minimum atomic E-state index is -0.898. The fourth-order valence-electron chi connectivity index (χ4n) is 3.62. The predicted octanol–water partition coefficient (Wildman–Crippen LogP) is 3.91. The lowest BCUT2D eigenvalue weighted by Gasteiger charge is -2.24. The average Bonchev–Trinajstić information content (AvgIpc) is 3.07. The Kier molecular flexibility index (Phi) is 7.22. The van der Waals surface area contributed by atoms with Crippen molar-refractivity contribution in [3.8, 4) is 0 Å². The van der Waals surface area contributed by atoms with Gasteiger partial charge in [0.05, 0.1) is 11.1 Å². The fraction of sp³-hybridized carbons (Fsp3) is 0.375. The number of nitrogens with zero attached hydrogens (tertiary/aromatic N) is 2. The van der Waals surface area contributed by atoms with E-state index in [-0.39, 0.29) is 22.9 Å². The second-order valence-electron chi connectivity index (χ2n) is 7.53. The smallest absolute Gasteiger partial charge is 0.339 e. The van der Waals surface area contributed by atoms with Gasteiger partial charge in [-0.25, -0.2) is 4.79 Å². The molecule has 1 unspecified atom stereocenters. The molecule has 6 heteroatoms. The van der Waals surface area contributed by atoms with Crippen molar-refractivity contribution in [2.45, 2.75) is 38.7 Å². The van der Waals surface area contributed by atoms with Gasteiger partial charge in [0.2, 0.25) is 0 Å². The van der Waals surface area contributed by atoms with Crippen molar-refractivity contribution in [2.75, 3.05) is 25.0 Å². The molecule has 2 amide bonds. The summed E-state index contributed by atoms with van der Waals surface area (Å²) >= 11 is 0. The minimum absolute atomic E-state index is 0.154. The summed E-state index contributed by atoms with van der Waals surface area (Å²) in [6, 6.07) is 15.7. The van der Waals surface area contributed by atoms with Gasteiger partial charge in [0, 0.05) is 25.8 Å². The quantitative estimate of drug-likeness (QED) is 0.704. The van der Waals surface area contributed by atoms with Crippen molar-refractivity contribution in [1.29, 1.82) is 0 Å². The predicted molar refractivity (Wildman–Crippen MR) is 116 cm³/mol. The number of para-hydroxylation sites is 1. The molecule has 0 bridgehead atoms. The third-order valence-corrected chi connectivity index (χ3v) is 5.37. The summed E-state index contributed by atoms with van der Waals surface area (Å²) in [5.74, 6) is -1.17. The van der Waals surface area contributed by atoms with Crippen molar-refractivity contribution < 1.29 is 19.1 Å². The number of ether oxygens (including phenoxy) is 1. The number of anilines is 1. The Morgan fingerprint density at radius 1 is 0.867 bits per heavy atom. The molecule has 2 aromatic rings. The number of esters is 1. The molecule has 1 fully saturated rings. The number of benzene rings is 2. The molecule has 158 valence electrons. The summed E-state index contributed by atoms with van der Waals surface area (Å²) in [5, 5.41) is 0. The monoisotopic (exact) mass is 408 g/mol. The first-order valence-corrected chi connectivity index (χ1v) is 10.4. The molecule has 1 heterocycles. The molecule has 2 aromatic carbocycles. The van der Waals surface area contributed by atoms with Crippen LogP contribution in [0.5, 0.6) is 0 Å². The normalized spacial score (nSPS) is 15.1. The number of carbonyl (C=O) groups excluding carboxylic acids is 3. The summed E-state index contributed by atoms with van der Waals surface area (Å²) < 4.78 is 5.47. The Morgan fingerprint density at radius 3 is 2.07 bits per heavy atom. The van der Waals surface area contributed by atoms with Gasteiger partial charge in [-0.15, -0.1) is 0 Å². The first-order valence-electron chi connectivity index (χ1n) is 10.4. The zero-order chi connectivity index (χ0) is 21.5. The molecule has 0 aromatic heterocycles. The highest BCUT2D eigenvalue weighted by molar-refractivity contribution is 6.12. The largest absolute Gasteiger partial charge is 0.449 e. The van der Waals surface area contributed by atoms with Crippen LogP contribution in [-0.4, -0.2) is 48.9 Å². The number of hydrogen-bond donors (Lipinski definition) is 0. The number of amides is 2. The van der Waals surface area contributed by atoms with Crippen LogP contribution in [0, 0.1) is 0 Å². The van der Waals surface area contributed by atoms with E-state index in [1.165, 1.54) is 4.90 Å². The molecule has 6 nitrogen and oxygen atoms in total. The Hall–Kier alpha value is -3.15. The number of rotatable bonds is 5. The van der Waals surface area contributed by atoms with Crippen LogP contribution >= 0.6 is 0 Å². The second-order valence-corrected chi connectivity index (χ2v) is 7.53. The van der Waals surface area contributed by atoms with E-state index in [2.05, 4.69) is 0 Å². The fourth-order valence-corrected chi connectivity index (χ4v) is 3.62. The highest BCUT2D eigenvalue weighted by Crippen LogP contribution is 2.19. The van der Waals surface area contributed by atoms with E-state index in [1.54, 1.807) is 43.1 Å². The maximum atomic E-state index is 13.0. The molecule has 0 aliphatic carbocycles. The van der Waals surface area contributed by atoms with Gasteiger partial charge in [0.15, 0.2) is 6.10 Å². The molecule has 0 radical (unpaired) electrons. The third kappa shape index (κ3) is 5.06. The molecular formula is C24H28N2O4. The maximum Gasteiger partial charge on any atom is 0.339 e. The standard InChI is InChI=1S/C24H28N2O4/c1-18(22(27)26-16-10-3-4-11-17-26)30-24(29)21-15-9-8-14-20(21)23(28)25(2)19-12-6-5-7-13-19/h5-9,12-15,18H,3-4,10-11,16-17H2,1-2H3. The van der Waals surface area contributed by atoms with Gasteiger partial charge in [-0.3, -0.25) is 9.59 Å². The molecule has 1 saturated heterocycles. The lowest BCUT2D eigenvalue weighted by Crippen LogP contribution is -2.40. The number of hydrogen-bond acceptors (Lipinski definition) is 4. The molecule has 0 spiro atoms. The molecule has 1 atom stereocenters. The van der Waals surface area contributed by atoms with E-state index in [4.69, 9.17) is 4.74 Å². The molecule has 30 heavy (non-hydrogen) atoms. The Morgan fingerprint density at radius 2 is 1.43 bits per heavy atom. The van der Waals surface area contributed by atoms with Gasteiger partial charge in [-0.1, -0.05) is 43.2 Å². The maximum absolute atomic E-state index is 13.0. The van der Waals surface area contributed by atoms with Crippen LogP contribution in [0.1, 0.15) is 53.3 Å². The van der Waals surface area contributed by atoms with Gasteiger partial charge >= 0.3 is 5.97 Å². The van der Waals surface area contributed by atoms with Gasteiger partial charge in [0.25, 0.3) is 11.8 Å². The lowest BCUT2D eigenvalue weighted by atomic mass is 10.1. The highest BCUT2D eigenvalue weighted by atomic mass is 16.5. The summed E-state index contributed by atoms with van der Waals surface area (Å²) in [5.41, 5.74) is 1.11. The Labute approximate surface area is 177 Å². The molecule has 1 aliphatic heterocycles. The average molecular weight is 408 g/mol.